The first-order valence-corrected chi connectivity index (χ1v) is 7.19. The van der Waals surface area contributed by atoms with Crippen molar-refractivity contribution in [3.63, 3.8) is 0 Å². The molecule has 4 heteroatoms. The molecule has 1 atom stereocenters. The average Bonchev–Trinajstić information content (AvgIpc) is 2.38. The maximum Gasteiger partial charge on any atom is 0.320 e. The minimum atomic E-state index is -0.945. The zero-order valence-corrected chi connectivity index (χ0v) is 11.8. The molecule has 0 radical (unpaired) electrons. The van der Waals surface area contributed by atoms with Gasteiger partial charge >= 0.3 is 5.97 Å². The highest BCUT2D eigenvalue weighted by Gasteiger charge is 2.20. The van der Waals surface area contributed by atoms with Crippen LogP contribution in [0, 0.1) is 0 Å². The SMILES string of the molecule is O=C(O)C(S)c1ccc(C2CCCCC2)c(Cl)c1. The van der Waals surface area contributed by atoms with Crippen molar-refractivity contribution >= 4 is 30.2 Å². The van der Waals surface area contributed by atoms with Crippen molar-refractivity contribution in [2.45, 2.75) is 43.3 Å². The van der Waals surface area contributed by atoms with Crippen LogP contribution in [0.2, 0.25) is 5.02 Å². The first kappa shape index (κ1) is 13.8. The number of rotatable bonds is 3. The lowest BCUT2D eigenvalue weighted by molar-refractivity contribution is -0.136. The van der Waals surface area contributed by atoms with E-state index in [-0.39, 0.29) is 0 Å². The second kappa shape index (κ2) is 5.98. The van der Waals surface area contributed by atoms with E-state index in [9.17, 15) is 4.79 Å². The summed E-state index contributed by atoms with van der Waals surface area (Å²) in [6.07, 6.45) is 6.19. The molecule has 98 valence electrons. The van der Waals surface area contributed by atoms with E-state index in [1.54, 1.807) is 6.07 Å². The number of aliphatic carboxylic acids is 1. The Labute approximate surface area is 118 Å². The first-order valence-electron chi connectivity index (χ1n) is 6.30. The minimum Gasteiger partial charge on any atom is -0.480 e. The third-order valence-corrected chi connectivity index (χ3v) is 4.47. The number of halogens is 1. The third kappa shape index (κ3) is 3.01. The van der Waals surface area contributed by atoms with Crippen molar-refractivity contribution in [3.05, 3.63) is 34.3 Å². The summed E-state index contributed by atoms with van der Waals surface area (Å²) in [5, 5.41) is 8.80. The van der Waals surface area contributed by atoms with Crippen LogP contribution in [0.4, 0.5) is 0 Å². The molecular weight excluding hydrogens is 268 g/mol. The highest BCUT2D eigenvalue weighted by atomic mass is 35.5. The molecule has 0 bridgehead atoms. The molecule has 0 heterocycles. The van der Waals surface area contributed by atoms with Crippen LogP contribution in [0.5, 0.6) is 0 Å². The summed E-state index contributed by atoms with van der Waals surface area (Å²) in [5.41, 5.74) is 1.81. The van der Waals surface area contributed by atoms with Gasteiger partial charge in [-0.25, -0.2) is 0 Å². The van der Waals surface area contributed by atoms with Crippen LogP contribution >= 0.6 is 24.2 Å². The fourth-order valence-electron chi connectivity index (χ4n) is 2.60. The lowest BCUT2D eigenvalue weighted by Crippen LogP contribution is -2.08. The summed E-state index contributed by atoms with van der Waals surface area (Å²) in [5.74, 6) is -0.414. The van der Waals surface area contributed by atoms with Crippen molar-refractivity contribution in [1.29, 1.82) is 0 Å². The van der Waals surface area contributed by atoms with Gasteiger partial charge in [0.05, 0.1) is 0 Å². The number of benzene rings is 1. The van der Waals surface area contributed by atoms with Crippen molar-refractivity contribution in [3.8, 4) is 0 Å². The lowest BCUT2D eigenvalue weighted by atomic mass is 9.84. The predicted molar refractivity (Wildman–Crippen MR) is 76.6 cm³/mol. The predicted octanol–water partition coefficient (Wildman–Crippen LogP) is 4.44. The van der Waals surface area contributed by atoms with Gasteiger partial charge in [0.1, 0.15) is 5.25 Å². The lowest BCUT2D eigenvalue weighted by Gasteiger charge is -2.23. The van der Waals surface area contributed by atoms with Crippen molar-refractivity contribution in [1.82, 2.24) is 0 Å². The number of hydrogen-bond acceptors (Lipinski definition) is 2. The van der Waals surface area contributed by atoms with E-state index in [2.05, 4.69) is 12.6 Å². The van der Waals surface area contributed by atoms with Crippen LogP contribution in [-0.4, -0.2) is 11.1 Å². The molecule has 0 saturated heterocycles. The second-order valence-electron chi connectivity index (χ2n) is 4.86. The molecule has 0 spiro atoms. The minimum absolute atomic E-state index is 0.531. The van der Waals surface area contributed by atoms with Gasteiger partial charge in [-0.3, -0.25) is 4.79 Å². The molecule has 1 fully saturated rings. The molecule has 18 heavy (non-hydrogen) atoms. The van der Waals surface area contributed by atoms with Crippen LogP contribution in [0.15, 0.2) is 18.2 Å². The van der Waals surface area contributed by atoms with Gasteiger partial charge in [0, 0.05) is 5.02 Å². The molecule has 1 aliphatic rings. The van der Waals surface area contributed by atoms with Crippen molar-refractivity contribution < 1.29 is 9.90 Å². The van der Waals surface area contributed by atoms with E-state index in [0.717, 1.165) is 5.56 Å². The molecule has 1 aromatic carbocycles. The molecule has 0 aliphatic heterocycles. The van der Waals surface area contributed by atoms with E-state index < -0.39 is 11.2 Å². The van der Waals surface area contributed by atoms with Gasteiger partial charge in [0.2, 0.25) is 0 Å². The largest absolute Gasteiger partial charge is 0.480 e. The Bertz CT molecular complexity index is 441. The van der Waals surface area contributed by atoms with Crippen LogP contribution < -0.4 is 0 Å². The molecule has 2 nitrogen and oxygen atoms in total. The van der Waals surface area contributed by atoms with Crippen LogP contribution in [0.1, 0.15) is 54.4 Å². The van der Waals surface area contributed by atoms with E-state index >= 15 is 0 Å². The van der Waals surface area contributed by atoms with Crippen LogP contribution in [0.25, 0.3) is 0 Å². The fourth-order valence-corrected chi connectivity index (χ4v) is 3.10. The Kier molecular flexibility index (Phi) is 4.57. The third-order valence-electron chi connectivity index (χ3n) is 3.62. The summed E-state index contributed by atoms with van der Waals surface area (Å²) < 4.78 is 0. The molecule has 1 unspecified atom stereocenters. The van der Waals surface area contributed by atoms with Crippen LogP contribution in [-0.2, 0) is 4.79 Å². The summed E-state index contributed by atoms with van der Waals surface area (Å²) in [7, 11) is 0. The highest BCUT2D eigenvalue weighted by molar-refractivity contribution is 7.81. The zero-order chi connectivity index (χ0) is 13.1. The van der Waals surface area contributed by atoms with E-state index in [1.807, 2.05) is 12.1 Å². The number of carboxylic acid groups (broad SMARTS) is 1. The van der Waals surface area contributed by atoms with Gasteiger partial charge in [-0.1, -0.05) is 43.0 Å². The van der Waals surface area contributed by atoms with Gasteiger partial charge in [-0.2, -0.15) is 12.6 Å². The molecule has 1 aliphatic carbocycles. The molecule has 0 amide bonds. The average molecular weight is 285 g/mol. The maximum atomic E-state index is 10.9. The summed E-state index contributed by atoms with van der Waals surface area (Å²) >= 11 is 10.3. The fraction of sp³-hybridized carbons (Fsp3) is 0.500. The van der Waals surface area contributed by atoms with Gasteiger partial charge in [0.15, 0.2) is 0 Å². The Morgan fingerprint density at radius 1 is 1.33 bits per heavy atom. The number of thiol groups is 1. The smallest absolute Gasteiger partial charge is 0.320 e. The normalized spacial score (nSPS) is 18.6. The number of hydrogen-bond donors (Lipinski definition) is 2. The second-order valence-corrected chi connectivity index (χ2v) is 5.78. The molecule has 2 rings (SSSR count). The van der Waals surface area contributed by atoms with E-state index in [0.29, 0.717) is 16.5 Å². The molecule has 1 saturated carbocycles. The molecular formula is C14H17ClO2S. The molecule has 1 aromatic rings. The Hall–Kier alpha value is -0.670. The standard InChI is InChI=1S/C14H17ClO2S/c15-12-8-10(13(18)14(16)17)6-7-11(12)9-4-2-1-3-5-9/h6-9,13,18H,1-5H2,(H,16,17). The monoisotopic (exact) mass is 284 g/mol. The van der Waals surface area contributed by atoms with Crippen LogP contribution in [0.3, 0.4) is 0 Å². The van der Waals surface area contributed by atoms with E-state index in [4.69, 9.17) is 16.7 Å². The zero-order valence-electron chi connectivity index (χ0n) is 10.1. The van der Waals surface area contributed by atoms with Crippen molar-refractivity contribution in [2.75, 3.05) is 0 Å². The Morgan fingerprint density at radius 3 is 2.56 bits per heavy atom. The van der Waals surface area contributed by atoms with Gasteiger partial charge in [-0.05, 0) is 36.0 Å². The number of carbonyl (C=O) groups is 1. The highest BCUT2D eigenvalue weighted by Crippen LogP contribution is 2.37. The summed E-state index contributed by atoms with van der Waals surface area (Å²) in [6, 6.07) is 5.55. The summed E-state index contributed by atoms with van der Waals surface area (Å²) in [4.78, 5) is 10.9. The molecule has 0 aromatic heterocycles. The Balaban J connectivity index is 2.21. The van der Waals surface area contributed by atoms with Crippen molar-refractivity contribution in [2.24, 2.45) is 0 Å². The van der Waals surface area contributed by atoms with Gasteiger partial charge in [0.25, 0.3) is 0 Å². The maximum absolute atomic E-state index is 10.9. The Morgan fingerprint density at radius 2 is 2.00 bits per heavy atom. The van der Waals surface area contributed by atoms with Gasteiger partial charge < -0.3 is 5.11 Å². The van der Waals surface area contributed by atoms with E-state index in [1.165, 1.54) is 32.1 Å². The topological polar surface area (TPSA) is 37.3 Å². The van der Waals surface area contributed by atoms with Gasteiger partial charge in [-0.15, -0.1) is 0 Å². The number of carboxylic acids is 1. The summed E-state index contributed by atoms with van der Waals surface area (Å²) in [6.45, 7) is 0. The quantitative estimate of drug-likeness (QED) is 0.805. The molecule has 1 N–H and O–H groups in total. The first-order chi connectivity index (χ1) is 8.59.